The predicted molar refractivity (Wildman–Crippen MR) is 111 cm³/mol. The molecule has 3 aliphatic heterocycles. The molecule has 1 aromatic rings. The first-order chi connectivity index (χ1) is 13.8. The Morgan fingerprint density at radius 2 is 1.82 bits per heavy atom. The third-order valence-corrected chi connectivity index (χ3v) is 6.68. The first-order valence-electron chi connectivity index (χ1n) is 11.1. The quantitative estimate of drug-likeness (QED) is 0.853. The molecule has 4 rings (SSSR count). The van der Waals surface area contributed by atoms with Gasteiger partial charge < -0.3 is 10.2 Å². The maximum Gasteiger partial charge on any atom is 0.227 e. The van der Waals surface area contributed by atoms with Gasteiger partial charge in [-0.1, -0.05) is 0 Å². The van der Waals surface area contributed by atoms with Crippen LogP contribution < -0.4 is 5.32 Å². The highest BCUT2D eigenvalue weighted by Crippen LogP contribution is 2.26. The van der Waals surface area contributed by atoms with Crippen LogP contribution in [0, 0.1) is 5.92 Å². The second-order valence-corrected chi connectivity index (χ2v) is 8.63. The number of amides is 1. The van der Waals surface area contributed by atoms with Crippen LogP contribution in [0.4, 0.5) is 0 Å². The van der Waals surface area contributed by atoms with Crippen LogP contribution in [-0.4, -0.2) is 84.0 Å². The van der Waals surface area contributed by atoms with Gasteiger partial charge in [0, 0.05) is 51.2 Å². The fourth-order valence-electron chi connectivity index (χ4n) is 5.05. The number of pyridine rings is 1. The van der Waals surface area contributed by atoms with Crippen molar-refractivity contribution in [3.05, 3.63) is 30.1 Å². The van der Waals surface area contributed by atoms with Gasteiger partial charge in [-0.25, -0.2) is 0 Å². The zero-order valence-electron chi connectivity index (χ0n) is 17.1. The van der Waals surface area contributed by atoms with E-state index in [-0.39, 0.29) is 5.92 Å². The molecule has 3 saturated heterocycles. The Labute approximate surface area is 169 Å². The van der Waals surface area contributed by atoms with Crippen LogP contribution in [-0.2, 0) is 11.3 Å². The summed E-state index contributed by atoms with van der Waals surface area (Å²) in [6.45, 7) is 9.26. The number of nitrogens with zero attached hydrogens (tertiary/aromatic N) is 4. The summed E-state index contributed by atoms with van der Waals surface area (Å²) in [6.07, 6.45) is 9.53. The number of carbonyl (C=O) groups is 1. The minimum atomic E-state index is 0.210. The van der Waals surface area contributed by atoms with Gasteiger partial charge in [0.05, 0.1) is 5.92 Å². The van der Waals surface area contributed by atoms with Crippen LogP contribution in [0.15, 0.2) is 24.5 Å². The fourth-order valence-corrected chi connectivity index (χ4v) is 5.05. The zero-order valence-corrected chi connectivity index (χ0v) is 17.1. The lowest BCUT2D eigenvalue weighted by Gasteiger charge is -2.42. The standard InChI is InChI=1S/C22H35N5O/c28-22(26-13-2-8-23-11-16-26)20-3-1-12-27(18-20)21-6-14-25(15-7-21)17-19-4-9-24-10-5-19/h4-5,9-10,20-21,23H,1-3,6-8,11-18H2/t20-/m0/s1. The van der Waals surface area contributed by atoms with E-state index in [0.29, 0.717) is 11.9 Å². The zero-order chi connectivity index (χ0) is 19.2. The first kappa shape index (κ1) is 19.8. The highest BCUT2D eigenvalue weighted by molar-refractivity contribution is 5.79. The lowest BCUT2D eigenvalue weighted by Crippen LogP contribution is -2.51. The minimum Gasteiger partial charge on any atom is -0.341 e. The van der Waals surface area contributed by atoms with Crippen molar-refractivity contribution in [2.24, 2.45) is 5.92 Å². The van der Waals surface area contributed by atoms with Gasteiger partial charge in [0.2, 0.25) is 5.91 Å². The molecule has 1 aromatic heterocycles. The van der Waals surface area contributed by atoms with Gasteiger partial charge in [0.1, 0.15) is 0 Å². The molecule has 0 spiro atoms. The van der Waals surface area contributed by atoms with Gasteiger partial charge in [-0.05, 0) is 76.0 Å². The Hall–Kier alpha value is -1.50. The van der Waals surface area contributed by atoms with E-state index in [1.807, 2.05) is 12.4 Å². The van der Waals surface area contributed by atoms with E-state index >= 15 is 0 Å². The largest absolute Gasteiger partial charge is 0.341 e. The van der Waals surface area contributed by atoms with Crippen molar-refractivity contribution in [2.75, 3.05) is 52.4 Å². The Bertz CT molecular complexity index is 609. The molecule has 0 aromatic carbocycles. The van der Waals surface area contributed by atoms with Gasteiger partial charge in [0.15, 0.2) is 0 Å². The summed E-state index contributed by atoms with van der Waals surface area (Å²) < 4.78 is 0. The van der Waals surface area contributed by atoms with Crippen LogP contribution in [0.3, 0.4) is 0 Å². The summed E-state index contributed by atoms with van der Waals surface area (Å²) in [5, 5.41) is 3.40. The molecular formula is C22H35N5O. The molecule has 3 aliphatic rings. The lowest BCUT2D eigenvalue weighted by molar-refractivity contribution is -0.137. The molecule has 0 bridgehead atoms. The van der Waals surface area contributed by atoms with E-state index < -0.39 is 0 Å². The SMILES string of the molecule is O=C([C@H]1CCCN(C2CCN(Cc3ccncc3)CC2)C1)N1CCCNCC1. The van der Waals surface area contributed by atoms with Gasteiger partial charge in [-0.15, -0.1) is 0 Å². The monoisotopic (exact) mass is 385 g/mol. The smallest absolute Gasteiger partial charge is 0.227 e. The number of hydrogen-bond donors (Lipinski definition) is 1. The Morgan fingerprint density at radius 1 is 1.00 bits per heavy atom. The van der Waals surface area contributed by atoms with Crippen molar-refractivity contribution >= 4 is 5.91 Å². The second-order valence-electron chi connectivity index (χ2n) is 8.63. The van der Waals surface area contributed by atoms with Gasteiger partial charge in [0.25, 0.3) is 0 Å². The second kappa shape index (κ2) is 9.81. The third kappa shape index (κ3) is 5.10. The van der Waals surface area contributed by atoms with Crippen LogP contribution in [0.5, 0.6) is 0 Å². The van der Waals surface area contributed by atoms with E-state index in [1.165, 1.54) is 31.4 Å². The van der Waals surface area contributed by atoms with Crippen molar-refractivity contribution in [1.29, 1.82) is 0 Å². The number of carbonyl (C=O) groups excluding carboxylic acids is 1. The third-order valence-electron chi connectivity index (χ3n) is 6.68. The van der Waals surface area contributed by atoms with Gasteiger partial charge in [-0.2, -0.15) is 0 Å². The molecule has 6 nitrogen and oxygen atoms in total. The molecule has 1 atom stereocenters. The molecule has 0 unspecified atom stereocenters. The highest BCUT2D eigenvalue weighted by atomic mass is 16.2. The topological polar surface area (TPSA) is 51.7 Å². The molecule has 1 N–H and O–H groups in total. The van der Waals surface area contributed by atoms with E-state index in [1.54, 1.807) is 0 Å². The van der Waals surface area contributed by atoms with Crippen molar-refractivity contribution in [3.8, 4) is 0 Å². The average molecular weight is 386 g/mol. The summed E-state index contributed by atoms with van der Waals surface area (Å²) in [7, 11) is 0. The van der Waals surface area contributed by atoms with E-state index in [4.69, 9.17) is 0 Å². The van der Waals surface area contributed by atoms with E-state index in [0.717, 1.165) is 65.2 Å². The predicted octanol–water partition coefficient (Wildman–Crippen LogP) is 1.58. The normalized spacial score (nSPS) is 26.1. The summed E-state index contributed by atoms with van der Waals surface area (Å²) >= 11 is 0. The Morgan fingerprint density at radius 3 is 2.64 bits per heavy atom. The molecule has 0 saturated carbocycles. The number of nitrogens with one attached hydrogen (secondary N) is 1. The first-order valence-corrected chi connectivity index (χ1v) is 11.1. The summed E-state index contributed by atoms with van der Waals surface area (Å²) in [5.41, 5.74) is 1.35. The number of aromatic nitrogens is 1. The lowest BCUT2D eigenvalue weighted by atomic mass is 9.92. The van der Waals surface area contributed by atoms with Crippen molar-refractivity contribution in [2.45, 2.75) is 44.7 Å². The maximum absolute atomic E-state index is 13.0. The molecule has 3 fully saturated rings. The summed E-state index contributed by atoms with van der Waals surface area (Å²) in [4.78, 5) is 24.5. The summed E-state index contributed by atoms with van der Waals surface area (Å²) in [5.74, 6) is 0.616. The van der Waals surface area contributed by atoms with E-state index in [9.17, 15) is 4.79 Å². The minimum absolute atomic E-state index is 0.210. The molecule has 0 aliphatic carbocycles. The van der Waals surface area contributed by atoms with Crippen LogP contribution in [0.2, 0.25) is 0 Å². The molecular weight excluding hydrogens is 350 g/mol. The van der Waals surface area contributed by atoms with Crippen molar-refractivity contribution in [3.63, 3.8) is 0 Å². The fraction of sp³-hybridized carbons (Fsp3) is 0.727. The van der Waals surface area contributed by atoms with E-state index in [2.05, 4.69) is 37.1 Å². The summed E-state index contributed by atoms with van der Waals surface area (Å²) in [6, 6.07) is 4.88. The highest BCUT2D eigenvalue weighted by Gasteiger charge is 2.33. The van der Waals surface area contributed by atoms with Gasteiger partial charge >= 0.3 is 0 Å². The van der Waals surface area contributed by atoms with Crippen molar-refractivity contribution in [1.82, 2.24) is 25.0 Å². The number of piperidine rings is 2. The van der Waals surface area contributed by atoms with Crippen LogP contribution in [0.1, 0.15) is 37.7 Å². The molecule has 0 radical (unpaired) electrons. The number of rotatable bonds is 4. The Balaban J connectivity index is 1.26. The maximum atomic E-state index is 13.0. The van der Waals surface area contributed by atoms with Crippen LogP contribution >= 0.6 is 0 Å². The van der Waals surface area contributed by atoms with Gasteiger partial charge in [-0.3, -0.25) is 19.6 Å². The molecule has 1 amide bonds. The average Bonchev–Trinajstić information content (AvgIpc) is 3.04. The molecule has 28 heavy (non-hydrogen) atoms. The number of hydrogen-bond acceptors (Lipinski definition) is 5. The number of likely N-dealkylation sites (tertiary alicyclic amines) is 2. The van der Waals surface area contributed by atoms with Crippen LogP contribution in [0.25, 0.3) is 0 Å². The Kier molecular flexibility index (Phi) is 6.94. The molecule has 154 valence electrons. The molecule has 4 heterocycles. The van der Waals surface area contributed by atoms with Crippen molar-refractivity contribution < 1.29 is 4.79 Å². The molecule has 6 heteroatoms.